The number of hydrogen-bond acceptors (Lipinski definition) is 32. The summed E-state index contributed by atoms with van der Waals surface area (Å²) in [6.07, 6.45) is 19.0. The zero-order valence-electron chi connectivity index (χ0n) is 72.5. The summed E-state index contributed by atoms with van der Waals surface area (Å²) in [6, 6.07) is 38.0. The summed E-state index contributed by atoms with van der Waals surface area (Å²) in [4.78, 5) is 86.0. The molecule has 2 aliphatic heterocycles. The van der Waals surface area contributed by atoms with E-state index in [0.29, 0.717) is 154 Å². The summed E-state index contributed by atoms with van der Waals surface area (Å²) < 4.78 is 34.3. The fraction of sp³-hybridized carbons (Fsp3) is 0.178. The number of piperidine rings is 1. The maximum absolute atomic E-state index is 11.8. The number of nitrogens with one attached hydrogen (secondary N) is 11. The molecule has 2 saturated heterocycles. The van der Waals surface area contributed by atoms with E-state index in [1.807, 2.05) is 104 Å². The molecule has 0 radical (unpaired) electrons. The number of aromatic amines is 5. The van der Waals surface area contributed by atoms with Crippen LogP contribution in [0.3, 0.4) is 0 Å². The quantitative estimate of drug-likeness (QED) is 0.0186. The first kappa shape index (κ1) is 91.6. The van der Waals surface area contributed by atoms with Crippen LogP contribution in [-0.4, -0.2) is 203 Å². The molecule has 4 aromatic carbocycles. The lowest BCUT2D eigenvalue weighted by Crippen LogP contribution is -2.35. The number of anilines is 9. The smallest absolute Gasteiger partial charge is 0.271 e. The third-order valence-corrected chi connectivity index (χ3v) is 21.5. The number of epoxide rings is 1. The molecule has 684 valence electrons. The highest BCUT2D eigenvalue weighted by Crippen LogP contribution is 2.43. The number of benzene rings is 4. The fourth-order valence-corrected chi connectivity index (χ4v) is 14.4. The largest absolute Gasteiger partial charge is 0.493 e. The van der Waals surface area contributed by atoms with E-state index in [2.05, 4.69) is 148 Å². The molecule has 1 aliphatic carbocycles. The van der Waals surface area contributed by atoms with Crippen molar-refractivity contribution in [2.75, 3.05) is 81.1 Å². The number of fused-ring (bicyclic) bond motifs is 6. The number of carbonyl (C=O) groups excluding carboxylic acids is 5. The number of primary amides is 5. The Morgan fingerprint density at radius 1 is 0.530 bits per heavy atom. The number of aryl methyl sites for hydroxylation is 1. The van der Waals surface area contributed by atoms with Crippen LogP contribution in [0.1, 0.15) is 83.4 Å². The van der Waals surface area contributed by atoms with Crippen molar-refractivity contribution in [3.05, 3.63) is 269 Å². The van der Waals surface area contributed by atoms with Crippen LogP contribution in [-0.2, 0) is 11.2 Å². The molecule has 0 saturated carbocycles. The molecule has 2 fully saturated rings. The molecular weight excluding hydrogens is 1760 g/mol. The van der Waals surface area contributed by atoms with E-state index >= 15 is 0 Å². The molecule has 5 amide bonds. The van der Waals surface area contributed by atoms with Crippen LogP contribution in [0.5, 0.6) is 28.7 Å². The number of rotatable bonds is 30. The second kappa shape index (κ2) is 41.5. The summed E-state index contributed by atoms with van der Waals surface area (Å²) in [5, 5.41) is 66.5. The molecule has 134 heavy (non-hydrogen) atoms. The van der Waals surface area contributed by atoms with Crippen LogP contribution >= 0.6 is 23.2 Å². The predicted molar refractivity (Wildman–Crippen MR) is 504 cm³/mol. The Kier molecular flexibility index (Phi) is 28.4. The van der Waals surface area contributed by atoms with Gasteiger partial charge in [0.05, 0.1) is 63.4 Å². The molecule has 2 unspecified atom stereocenters. The number of pyridine rings is 1. The highest BCUT2D eigenvalue weighted by Gasteiger charge is 2.47. The Morgan fingerprint density at radius 3 is 1.44 bits per heavy atom. The van der Waals surface area contributed by atoms with Gasteiger partial charge in [-0.3, -0.25) is 29.0 Å². The zero-order valence-corrected chi connectivity index (χ0v) is 74.0. The van der Waals surface area contributed by atoms with Gasteiger partial charge in [0.1, 0.15) is 47.9 Å². The molecule has 44 heteroatoms. The number of para-hydroxylation sites is 2. The lowest BCUT2D eigenvalue weighted by atomic mass is 9.99. The predicted octanol–water partition coefficient (Wildman–Crippen LogP) is 12.1. The summed E-state index contributed by atoms with van der Waals surface area (Å²) in [6.45, 7) is 12.4. The van der Waals surface area contributed by atoms with Gasteiger partial charge in [0.15, 0.2) is 68.3 Å². The SMILES string of the molecule is C=C(CCOc1ccc(Nc2c(C(N)=O)nnc3[nH]ccc23)cc1)N(C)C.C=C(COc1ccc(Nc2c(C(N)=O)nnc3[nH]ccc23)cc1Cl)NC.CN1CCC(Oc2ccc(Nc3c(C(N)=O)nnc4[nH]ccc34)cc2Cl)CC1.Cc1noc(CC2=CC=C(Nc3c(C(N)=O)nnc4[nH]ccc34)C3OC23)n1.NC(=O)c1nnc2[nH]ccc2c1Nc1ccccc1Oc1cccnc1. The van der Waals surface area contributed by atoms with Gasteiger partial charge in [-0.25, -0.2) is 0 Å². The lowest BCUT2D eigenvalue weighted by molar-refractivity contribution is 0.0987. The van der Waals surface area contributed by atoms with Crippen molar-refractivity contribution >= 4 is 159 Å². The maximum Gasteiger partial charge on any atom is 0.271 e. The fourth-order valence-electron chi connectivity index (χ4n) is 13.9. The number of hydrogen-bond donors (Lipinski definition) is 16. The number of likely N-dealkylation sites (tertiary alicyclic amines) is 1. The van der Waals surface area contributed by atoms with Crippen LogP contribution < -0.4 is 79.5 Å². The summed E-state index contributed by atoms with van der Waals surface area (Å²) in [7, 11) is 7.79. The number of allylic oxidation sites excluding steroid dienone is 2. The Hall–Kier alpha value is -17.1. The molecule has 2 atom stereocenters. The van der Waals surface area contributed by atoms with E-state index in [0.717, 1.165) is 77.2 Å². The number of nitrogens with zero attached hydrogens (tertiary/aromatic N) is 15. The van der Waals surface area contributed by atoms with Crippen LogP contribution in [0.2, 0.25) is 10.0 Å². The van der Waals surface area contributed by atoms with E-state index in [1.165, 1.54) is 0 Å². The van der Waals surface area contributed by atoms with Crippen molar-refractivity contribution in [3.8, 4) is 28.7 Å². The number of aromatic nitrogens is 18. The van der Waals surface area contributed by atoms with E-state index in [9.17, 15) is 24.0 Å². The first-order chi connectivity index (χ1) is 64.8. The number of H-pyrrole nitrogens is 5. The summed E-state index contributed by atoms with van der Waals surface area (Å²) in [5.41, 5.74) is 39.1. The van der Waals surface area contributed by atoms with Crippen LogP contribution in [0, 0.1) is 6.92 Å². The number of carbonyl (C=O) groups is 5. The molecule has 16 aromatic rings. The monoisotopic (exact) mass is 1850 g/mol. The minimum absolute atomic E-state index is 0.0406. The molecule has 0 bridgehead atoms. The molecule has 0 spiro atoms. The molecule has 12 aromatic heterocycles. The van der Waals surface area contributed by atoms with Crippen LogP contribution in [0.25, 0.3) is 55.2 Å². The van der Waals surface area contributed by atoms with Gasteiger partial charge in [0.2, 0.25) is 5.89 Å². The number of nitrogens with two attached hydrogens (primary N) is 5. The number of halogens is 2. The number of likely N-dealkylation sites (N-methyl/N-ethyl adjacent to an activating group) is 1. The second-order valence-corrected chi connectivity index (χ2v) is 31.3. The van der Waals surface area contributed by atoms with Gasteiger partial charge in [-0.15, -0.1) is 51.0 Å². The van der Waals surface area contributed by atoms with Gasteiger partial charge in [-0.05, 0) is 154 Å². The Balaban J connectivity index is 0.000000128. The average molecular weight is 1850 g/mol. The van der Waals surface area contributed by atoms with Crippen molar-refractivity contribution in [1.82, 2.24) is 106 Å². The van der Waals surface area contributed by atoms with Gasteiger partial charge in [-0.2, -0.15) is 4.98 Å². The maximum atomic E-state index is 11.8. The van der Waals surface area contributed by atoms with Gasteiger partial charge in [-0.1, -0.05) is 59.7 Å². The molecule has 19 rings (SSSR count). The minimum atomic E-state index is -0.681. The first-order valence-electron chi connectivity index (χ1n) is 41.3. The van der Waals surface area contributed by atoms with Gasteiger partial charge in [0.25, 0.3) is 29.5 Å². The highest BCUT2D eigenvalue weighted by atomic mass is 35.5. The number of ether oxygens (including phenoxy) is 5. The van der Waals surface area contributed by atoms with Crippen LogP contribution in [0.15, 0.2) is 223 Å². The normalized spacial score (nSPS) is 13.7. The molecular formula is C90H89Cl2N31O11. The third-order valence-electron chi connectivity index (χ3n) is 20.9. The first-order valence-corrected chi connectivity index (χ1v) is 42.1. The lowest BCUT2D eigenvalue weighted by Gasteiger charge is -2.29. The van der Waals surface area contributed by atoms with Gasteiger partial charge < -0.3 is 123 Å². The topological polar surface area (TPSA) is 603 Å². The van der Waals surface area contributed by atoms with E-state index in [-0.39, 0.29) is 46.8 Å². The minimum Gasteiger partial charge on any atom is -0.493 e. The highest BCUT2D eigenvalue weighted by molar-refractivity contribution is 6.33. The van der Waals surface area contributed by atoms with Crippen molar-refractivity contribution in [2.24, 2.45) is 28.7 Å². The Morgan fingerprint density at radius 2 is 0.993 bits per heavy atom. The summed E-state index contributed by atoms with van der Waals surface area (Å²) >= 11 is 12.7. The standard InChI is InChI=1S/C19H21ClN6O2.C19H22N6O2.C18H14N6O2.C17H17ClN6O2.C17H15N7O3/c1-26-8-5-12(6-9-26)28-15-3-2-11(10-14(15)20)23-16-13-4-7-22-19(13)25-24-17(16)18(21)27;1-12(25(2)3)9-11-27-14-6-4-13(5-7-14)22-16-15-8-10-21-19(15)24-23-17(16)18(20)26;19-17(25)16-15(12-7-9-21-18(12)24-23-16)22-13-5-1-2-6-14(13)26-11-4-3-8-20-10-11;1-9(20-2)8-26-13-4-3-10(7-12(13)18)22-14-11-5-6-21-17(11)24-23-15(14)16(19)25;1-7-20-11(27-24-7)6-8-2-3-10(15-14(8)26-15)21-12-9-4-5-19-17(9)23-22-13(12)16(18)25/h2-4,7,10,12H,5-6,8-9H2,1H3,(H2,21,27)(H2,22,23,25);4-8,10H,1,9,11H2,2-3H3,(H2,20,26)(H2,21,22,24);1-10H,(H2,19,25)(H2,21,22,24);3-7,20H,1,8H2,2H3,(H2,19,25)(H2,21,22,24);2-5,14-15H,6H2,1H3,(H2,18,25)(H2,19,21,23). The molecule has 42 nitrogen and oxygen atoms in total. The van der Waals surface area contributed by atoms with Gasteiger partial charge >= 0.3 is 0 Å². The van der Waals surface area contributed by atoms with Gasteiger partial charge in [0, 0.05) is 139 Å². The van der Waals surface area contributed by atoms with E-state index < -0.39 is 29.5 Å². The molecule has 21 N–H and O–H groups in total. The molecule has 3 aliphatic rings. The number of amides is 5. The van der Waals surface area contributed by atoms with E-state index in [4.69, 9.17) is 80.1 Å². The van der Waals surface area contributed by atoms with E-state index in [1.54, 1.807) is 112 Å². The van der Waals surface area contributed by atoms with Crippen molar-refractivity contribution in [1.29, 1.82) is 0 Å². The summed E-state index contributed by atoms with van der Waals surface area (Å²) in [5.74, 6) is 0.929. The van der Waals surface area contributed by atoms with Crippen molar-refractivity contribution < 1.29 is 52.2 Å². The Bertz CT molecular complexity index is 7110. The van der Waals surface area contributed by atoms with Crippen molar-refractivity contribution in [3.63, 3.8) is 0 Å². The molecule has 14 heterocycles. The Labute approximate surface area is 771 Å². The average Bonchev–Trinajstić information content (AvgIpc) is 1.60. The zero-order chi connectivity index (χ0) is 94.2. The van der Waals surface area contributed by atoms with Crippen LogP contribution in [0.4, 0.5) is 51.2 Å². The second-order valence-electron chi connectivity index (χ2n) is 30.4. The third kappa shape index (κ3) is 22.1. The van der Waals surface area contributed by atoms with Crippen molar-refractivity contribution in [2.45, 2.75) is 50.9 Å².